The lowest BCUT2D eigenvalue weighted by Gasteiger charge is -2.32. The smallest absolute Gasteiger partial charge is 0.407 e. The second-order valence-electron chi connectivity index (χ2n) is 18.2. The van der Waals surface area contributed by atoms with E-state index in [4.69, 9.17) is 19.4 Å². The van der Waals surface area contributed by atoms with Crippen LogP contribution in [0, 0.1) is 5.92 Å². The van der Waals surface area contributed by atoms with E-state index in [1.165, 1.54) is 38.9 Å². The summed E-state index contributed by atoms with van der Waals surface area (Å²) in [5, 5.41) is 9.57. The molecule has 0 radical (unpaired) electrons. The van der Waals surface area contributed by atoms with Crippen LogP contribution in [0.5, 0.6) is 0 Å². The molecule has 4 atom stereocenters. The van der Waals surface area contributed by atoms with Crippen molar-refractivity contribution in [1.29, 1.82) is 0 Å². The Labute approximate surface area is 408 Å². The van der Waals surface area contributed by atoms with E-state index in [9.17, 15) is 19.2 Å². The second kappa shape index (κ2) is 23.5. The lowest BCUT2D eigenvalue weighted by molar-refractivity contribution is -0.137. The van der Waals surface area contributed by atoms with Crippen LogP contribution in [0.4, 0.5) is 9.59 Å². The highest BCUT2D eigenvalue weighted by Gasteiger charge is 2.49. The standard InChI is InChI=1S/C46H47N7O3.C5H10O.C4H7NO3/c1-4-21-52(2)27-40-48-38-20-18-33-23-32(17-19-37(33)42(38)50-40)29-13-14-31-24-34(16-15-30(31)22-29)39-26-47-44(49-39)43-35-11-8-12-36(25-35)53(43)45(54)41(51-46(55)56-3)28-9-6-5-7-10-28;1-2-4-6-5-3-1;1-8-4(7)5-2-3-6/h5-7,9-10,13-20,22-24,26,35-36,41,43H,4,8,11-12,21,25,27H2,1-3H3,(H,47,49)(H,48,50)(H,51,55);1-5H2;3H,2H2,1H3,(H,5,7). The van der Waals surface area contributed by atoms with Gasteiger partial charge in [-0.2, -0.15) is 0 Å². The highest BCUT2D eigenvalue weighted by Crippen LogP contribution is 2.49. The van der Waals surface area contributed by atoms with Gasteiger partial charge in [-0.1, -0.05) is 86.1 Å². The first-order valence-corrected chi connectivity index (χ1v) is 24.4. The maximum atomic E-state index is 14.5. The summed E-state index contributed by atoms with van der Waals surface area (Å²) in [5.74, 6) is 1.93. The average Bonchev–Trinajstić information content (AvgIpc) is 4.13. The van der Waals surface area contributed by atoms with E-state index in [0.717, 1.165) is 125 Å². The van der Waals surface area contributed by atoms with E-state index < -0.39 is 18.2 Å². The molecule has 1 saturated carbocycles. The number of hydrogen-bond acceptors (Lipinski definition) is 10. The number of fused-ring (bicyclic) bond motifs is 6. The number of H-pyrrole nitrogens is 2. The zero-order chi connectivity index (χ0) is 49.0. The number of aromatic amines is 2. The number of carbonyl (C=O) groups excluding carboxylic acids is 4. The van der Waals surface area contributed by atoms with E-state index in [0.29, 0.717) is 6.29 Å². The Morgan fingerprint density at radius 3 is 2.23 bits per heavy atom. The van der Waals surface area contributed by atoms with Crippen LogP contribution in [0.1, 0.15) is 87.6 Å². The molecular weight excluding hydrogens is 885 g/mol. The normalized spacial score (nSPS) is 17.8. The fraction of sp³-hybridized carbons (Fsp3) is 0.382. The summed E-state index contributed by atoms with van der Waals surface area (Å²) >= 11 is 0. The van der Waals surface area contributed by atoms with Crippen molar-refractivity contribution in [3.63, 3.8) is 0 Å². The molecule has 3 amide bonds. The van der Waals surface area contributed by atoms with Crippen molar-refractivity contribution in [1.82, 2.24) is 40.4 Å². The van der Waals surface area contributed by atoms with E-state index in [2.05, 4.69) is 111 Å². The van der Waals surface area contributed by atoms with Gasteiger partial charge in [0, 0.05) is 30.2 Å². The van der Waals surface area contributed by atoms with Crippen LogP contribution in [0.3, 0.4) is 0 Å². The van der Waals surface area contributed by atoms with Gasteiger partial charge in [0.05, 0.1) is 56.3 Å². The number of nitrogens with one attached hydrogen (secondary N) is 4. The quantitative estimate of drug-likeness (QED) is 0.0860. The molecule has 4 heterocycles. The Morgan fingerprint density at radius 2 is 1.54 bits per heavy atom. The molecule has 4 unspecified atom stereocenters. The summed E-state index contributed by atoms with van der Waals surface area (Å²) in [6.45, 7) is 6.04. The molecule has 7 aromatic rings. The number of methoxy groups -OCH3 is 2. The third-order valence-corrected chi connectivity index (χ3v) is 13.4. The fourth-order valence-electron chi connectivity index (χ4n) is 10.1. The summed E-state index contributed by atoms with van der Waals surface area (Å²) in [7, 11) is 4.69. The van der Waals surface area contributed by atoms with Gasteiger partial charge in [-0.25, -0.2) is 19.6 Å². The predicted molar refractivity (Wildman–Crippen MR) is 272 cm³/mol. The van der Waals surface area contributed by atoms with Crippen molar-refractivity contribution in [2.45, 2.75) is 83.0 Å². The zero-order valence-electron chi connectivity index (χ0n) is 40.5. The van der Waals surface area contributed by atoms with Crippen molar-refractivity contribution in [2.24, 2.45) is 5.92 Å². The number of amides is 3. The van der Waals surface area contributed by atoms with Gasteiger partial charge in [-0.05, 0) is 122 Å². The maximum absolute atomic E-state index is 14.5. The number of carbonyl (C=O) groups is 4. The van der Waals surface area contributed by atoms with Crippen LogP contribution >= 0.6 is 0 Å². The first-order chi connectivity index (χ1) is 34.2. The van der Waals surface area contributed by atoms with Crippen LogP contribution in [0.25, 0.3) is 55.0 Å². The zero-order valence-corrected chi connectivity index (χ0v) is 40.5. The first-order valence-electron chi connectivity index (χ1n) is 24.4. The Morgan fingerprint density at radius 1 is 0.843 bits per heavy atom. The van der Waals surface area contributed by atoms with Gasteiger partial charge in [0.2, 0.25) is 0 Å². The van der Waals surface area contributed by atoms with E-state index in [1.54, 1.807) is 0 Å². The summed E-state index contributed by atoms with van der Waals surface area (Å²) in [5.41, 5.74) is 7.07. The Balaban J connectivity index is 0.000000409. The molecule has 15 heteroatoms. The number of alkyl carbamates (subject to hydrolysis) is 2. The Kier molecular flexibility index (Phi) is 16.5. The van der Waals surface area contributed by atoms with Crippen molar-refractivity contribution in [2.75, 3.05) is 47.6 Å². The number of likely N-dealkylation sites (tertiary alicyclic amines) is 1. The molecule has 366 valence electrons. The lowest BCUT2D eigenvalue weighted by Crippen LogP contribution is -2.46. The van der Waals surface area contributed by atoms with Gasteiger partial charge in [-0.15, -0.1) is 0 Å². The monoisotopic (exact) mass is 948 g/mol. The molecule has 15 nitrogen and oxygen atoms in total. The fourth-order valence-corrected chi connectivity index (χ4v) is 10.1. The molecule has 2 aliphatic heterocycles. The van der Waals surface area contributed by atoms with Gasteiger partial charge < -0.3 is 44.5 Å². The molecule has 2 aromatic heterocycles. The highest BCUT2D eigenvalue weighted by molar-refractivity contribution is 6.05. The van der Waals surface area contributed by atoms with Crippen molar-refractivity contribution >= 4 is 57.0 Å². The number of rotatable bonds is 12. The van der Waals surface area contributed by atoms with E-state index >= 15 is 0 Å². The summed E-state index contributed by atoms with van der Waals surface area (Å²) < 4.78 is 14.1. The Bertz CT molecular complexity index is 2880. The molecule has 10 rings (SSSR count). The van der Waals surface area contributed by atoms with Gasteiger partial charge in [-0.3, -0.25) is 9.69 Å². The summed E-state index contributed by atoms with van der Waals surface area (Å²) in [6.07, 6.45) is 10.2. The number of nitrogens with zero attached hydrogens (tertiary/aromatic N) is 4. The van der Waals surface area contributed by atoms with Crippen molar-refractivity contribution < 1.29 is 33.4 Å². The number of benzene rings is 5. The van der Waals surface area contributed by atoms with Crippen LogP contribution in [-0.2, 0) is 30.3 Å². The van der Waals surface area contributed by atoms with Crippen LogP contribution in [0.15, 0.2) is 103 Å². The highest BCUT2D eigenvalue weighted by atomic mass is 16.5. The first kappa shape index (κ1) is 49.3. The molecule has 4 N–H and O–H groups in total. The van der Waals surface area contributed by atoms with Crippen LogP contribution in [0.2, 0.25) is 0 Å². The lowest BCUT2D eigenvalue weighted by atomic mass is 9.87. The molecule has 2 bridgehead atoms. The SMILES string of the molecule is C1CCOCC1.CCCN(C)Cc1nc2c(ccc3cc(-c4ccc5cc(-c6cnc(C7C8CCCC(C8)N7C(=O)C(NC(=O)OC)c7ccccc7)[nH]6)ccc5c4)ccc32)[nH]1.COC(=O)NCC=O. The molecule has 2 saturated heterocycles. The number of imidazole rings is 2. The topological polar surface area (TPSA) is 184 Å². The number of aldehydes is 1. The predicted octanol–water partition coefficient (Wildman–Crippen LogP) is 10.0. The van der Waals surface area contributed by atoms with Gasteiger partial charge in [0.15, 0.2) is 0 Å². The molecule has 5 aromatic carbocycles. The second-order valence-corrected chi connectivity index (χ2v) is 18.2. The molecular formula is C55H64N8O7. The van der Waals surface area contributed by atoms with Gasteiger partial charge in [0.1, 0.15) is 24.0 Å². The minimum absolute atomic E-state index is 0.00662. The average molecular weight is 949 g/mol. The van der Waals surface area contributed by atoms with Crippen molar-refractivity contribution in [3.05, 3.63) is 120 Å². The van der Waals surface area contributed by atoms with Gasteiger partial charge in [0.25, 0.3) is 5.91 Å². The third kappa shape index (κ3) is 11.7. The van der Waals surface area contributed by atoms with E-state index in [-0.39, 0.29) is 30.5 Å². The van der Waals surface area contributed by atoms with Gasteiger partial charge >= 0.3 is 12.2 Å². The largest absolute Gasteiger partial charge is 0.453 e. The third-order valence-electron chi connectivity index (χ3n) is 13.4. The molecule has 3 aliphatic rings. The number of aromatic nitrogens is 4. The van der Waals surface area contributed by atoms with Crippen LogP contribution < -0.4 is 10.6 Å². The molecule has 70 heavy (non-hydrogen) atoms. The van der Waals surface area contributed by atoms with Crippen LogP contribution in [-0.4, -0.2) is 108 Å². The van der Waals surface area contributed by atoms with Crippen molar-refractivity contribution in [3.8, 4) is 22.4 Å². The minimum Gasteiger partial charge on any atom is -0.453 e. The minimum atomic E-state index is -0.858. The molecule has 1 aliphatic carbocycles. The Hall–Kier alpha value is -7.10. The summed E-state index contributed by atoms with van der Waals surface area (Å²) in [4.78, 5) is 67.8. The number of hydrogen-bond donors (Lipinski definition) is 4. The molecule has 3 fully saturated rings. The van der Waals surface area contributed by atoms with E-state index in [1.807, 2.05) is 41.4 Å². The molecule has 0 spiro atoms. The number of ether oxygens (including phenoxy) is 3. The maximum Gasteiger partial charge on any atom is 0.407 e. The summed E-state index contributed by atoms with van der Waals surface area (Å²) in [6, 6.07) is 32.5.